The summed E-state index contributed by atoms with van der Waals surface area (Å²) in [4.78, 5) is 28.8. The highest BCUT2D eigenvalue weighted by Crippen LogP contribution is 2.41. The molecule has 36 heavy (non-hydrogen) atoms. The van der Waals surface area contributed by atoms with Crippen molar-refractivity contribution < 1.29 is 9.59 Å². The first-order valence-electron chi connectivity index (χ1n) is 12.2. The van der Waals surface area contributed by atoms with E-state index in [1.807, 2.05) is 84.6 Å². The van der Waals surface area contributed by atoms with Crippen LogP contribution in [0, 0.1) is 0 Å². The van der Waals surface area contributed by atoms with Gasteiger partial charge in [-0.2, -0.15) is 0 Å². The highest BCUT2D eigenvalue weighted by Gasteiger charge is 2.32. The Hall–Kier alpha value is -3.35. The van der Waals surface area contributed by atoms with Crippen LogP contribution < -0.4 is 15.5 Å². The maximum Gasteiger partial charge on any atom is 0.251 e. The number of fused-ring (bicyclic) bond motifs is 1. The van der Waals surface area contributed by atoms with Crippen molar-refractivity contribution in [1.29, 1.82) is 0 Å². The fourth-order valence-electron chi connectivity index (χ4n) is 4.72. The van der Waals surface area contributed by atoms with E-state index in [0.29, 0.717) is 17.1 Å². The van der Waals surface area contributed by atoms with Gasteiger partial charge in [0, 0.05) is 48.0 Å². The summed E-state index contributed by atoms with van der Waals surface area (Å²) in [6, 6.07) is 21.6. The quantitative estimate of drug-likeness (QED) is 0.440. The van der Waals surface area contributed by atoms with E-state index in [-0.39, 0.29) is 23.9 Å². The van der Waals surface area contributed by atoms with Gasteiger partial charge in [0.15, 0.2) is 0 Å². The molecule has 0 spiro atoms. The van der Waals surface area contributed by atoms with E-state index in [9.17, 15) is 9.59 Å². The minimum atomic E-state index is -0.0767. The number of rotatable bonds is 7. The molecule has 2 amide bonds. The lowest BCUT2D eigenvalue weighted by Gasteiger charge is -2.39. The van der Waals surface area contributed by atoms with Crippen LogP contribution in [0.25, 0.3) is 11.1 Å². The number of hydrogen-bond donors (Lipinski definition) is 2. The molecule has 0 aromatic heterocycles. The molecule has 0 radical (unpaired) electrons. The number of hydrogen-bond acceptors (Lipinski definition) is 4. The lowest BCUT2D eigenvalue weighted by Crippen LogP contribution is -2.43. The minimum Gasteiger partial charge on any atom is -0.378 e. The van der Waals surface area contributed by atoms with E-state index in [2.05, 4.69) is 23.6 Å². The van der Waals surface area contributed by atoms with Crippen LogP contribution in [0.4, 0.5) is 11.4 Å². The van der Waals surface area contributed by atoms with Crippen LogP contribution in [-0.2, 0) is 4.79 Å². The van der Waals surface area contributed by atoms with Gasteiger partial charge in [0.2, 0.25) is 5.91 Å². The summed E-state index contributed by atoms with van der Waals surface area (Å²) < 4.78 is 0. The highest BCUT2D eigenvalue weighted by molar-refractivity contribution is 6.30. The maximum atomic E-state index is 12.5. The second-order valence-electron chi connectivity index (χ2n) is 9.59. The van der Waals surface area contributed by atoms with Gasteiger partial charge in [-0.15, -0.1) is 0 Å². The van der Waals surface area contributed by atoms with Crippen molar-refractivity contribution in [3.8, 4) is 11.1 Å². The van der Waals surface area contributed by atoms with Gasteiger partial charge in [0.1, 0.15) is 0 Å². The van der Waals surface area contributed by atoms with Gasteiger partial charge < -0.3 is 20.4 Å². The Morgan fingerprint density at radius 1 is 1.00 bits per heavy atom. The molecule has 0 saturated carbocycles. The monoisotopic (exact) mass is 504 g/mol. The van der Waals surface area contributed by atoms with Gasteiger partial charge in [0.05, 0.1) is 6.04 Å². The van der Waals surface area contributed by atoms with Gasteiger partial charge in [0.25, 0.3) is 5.91 Å². The number of halogens is 1. The van der Waals surface area contributed by atoms with Gasteiger partial charge in [-0.25, -0.2) is 0 Å². The standard InChI is InChI=1S/C29H33ClN4O2/c1-19-17-27(32-25-12-10-24(30)11-13-25)26-18-23(9-14-28(26)34(19)20(2)35)21-5-7-22(8-6-21)29(36)31-15-16-33(3)4/h5-14,18-19,27,32H,15-17H2,1-4H3,(H,31,36). The van der Waals surface area contributed by atoms with Crippen molar-refractivity contribution >= 4 is 34.8 Å². The minimum absolute atomic E-state index is 0.0334. The molecule has 4 rings (SSSR count). The third-order valence-electron chi connectivity index (χ3n) is 6.53. The van der Waals surface area contributed by atoms with E-state index in [1.54, 1.807) is 6.92 Å². The first kappa shape index (κ1) is 25.7. The highest BCUT2D eigenvalue weighted by atomic mass is 35.5. The van der Waals surface area contributed by atoms with E-state index in [4.69, 9.17) is 11.6 Å². The molecule has 6 nitrogen and oxygen atoms in total. The fraction of sp³-hybridized carbons (Fsp3) is 0.310. The predicted octanol–water partition coefficient (Wildman–Crippen LogP) is 5.60. The molecule has 3 aromatic rings. The van der Waals surface area contributed by atoms with Gasteiger partial charge >= 0.3 is 0 Å². The molecule has 1 aliphatic heterocycles. The summed E-state index contributed by atoms with van der Waals surface area (Å²) in [6.45, 7) is 5.09. The number of nitrogens with one attached hydrogen (secondary N) is 2. The van der Waals surface area contributed by atoms with Crippen LogP contribution >= 0.6 is 11.6 Å². The largest absolute Gasteiger partial charge is 0.378 e. The first-order valence-corrected chi connectivity index (χ1v) is 12.6. The van der Waals surface area contributed by atoms with Crippen molar-refractivity contribution in [2.24, 2.45) is 0 Å². The van der Waals surface area contributed by atoms with Gasteiger partial charge in [-0.05, 0) is 92.7 Å². The van der Waals surface area contributed by atoms with Crippen molar-refractivity contribution in [1.82, 2.24) is 10.2 Å². The molecular weight excluding hydrogens is 472 g/mol. The van der Waals surface area contributed by atoms with E-state index in [0.717, 1.165) is 41.0 Å². The molecule has 0 fully saturated rings. The molecule has 3 aromatic carbocycles. The fourth-order valence-corrected chi connectivity index (χ4v) is 4.84. The number of amides is 2. The second-order valence-corrected chi connectivity index (χ2v) is 10.0. The smallest absolute Gasteiger partial charge is 0.251 e. The average Bonchev–Trinajstić information content (AvgIpc) is 2.85. The zero-order chi connectivity index (χ0) is 25.8. The lowest BCUT2D eigenvalue weighted by molar-refractivity contribution is -0.117. The van der Waals surface area contributed by atoms with Crippen LogP contribution in [0.3, 0.4) is 0 Å². The molecule has 0 saturated heterocycles. The molecule has 2 unspecified atom stereocenters. The predicted molar refractivity (Wildman–Crippen MR) is 148 cm³/mol. The van der Waals surface area contributed by atoms with Gasteiger partial charge in [-0.3, -0.25) is 9.59 Å². The Balaban J connectivity index is 1.61. The number of benzene rings is 3. The van der Waals surface area contributed by atoms with Crippen molar-refractivity contribution in [2.45, 2.75) is 32.4 Å². The summed E-state index contributed by atoms with van der Waals surface area (Å²) in [6.07, 6.45) is 0.782. The second kappa shape index (κ2) is 11.1. The summed E-state index contributed by atoms with van der Waals surface area (Å²) >= 11 is 6.07. The summed E-state index contributed by atoms with van der Waals surface area (Å²) in [5, 5.41) is 7.27. The van der Waals surface area contributed by atoms with Crippen LogP contribution in [-0.4, -0.2) is 49.9 Å². The van der Waals surface area contributed by atoms with Crippen LogP contribution in [0.2, 0.25) is 5.02 Å². The molecule has 1 aliphatic rings. The molecular formula is C29H33ClN4O2. The average molecular weight is 505 g/mol. The molecule has 1 heterocycles. The number of likely N-dealkylation sites (N-methyl/N-ethyl adjacent to an activating group) is 1. The van der Waals surface area contributed by atoms with Crippen LogP contribution in [0.5, 0.6) is 0 Å². The number of anilines is 2. The molecule has 188 valence electrons. The molecule has 0 aliphatic carbocycles. The Morgan fingerprint density at radius 3 is 2.31 bits per heavy atom. The third kappa shape index (κ3) is 5.89. The zero-order valence-electron chi connectivity index (χ0n) is 21.2. The van der Waals surface area contributed by atoms with E-state index in [1.165, 1.54) is 0 Å². The van der Waals surface area contributed by atoms with Crippen molar-refractivity contribution in [3.63, 3.8) is 0 Å². The number of carbonyl (C=O) groups is 2. The molecule has 2 N–H and O–H groups in total. The van der Waals surface area contributed by atoms with Gasteiger partial charge in [-0.1, -0.05) is 29.8 Å². The third-order valence-corrected chi connectivity index (χ3v) is 6.78. The zero-order valence-corrected chi connectivity index (χ0v) is 22.0. The lowest BCUT2D eigenvalue weighted by atomic mass is 9.88. The summed E-state index contributed by atoms with van der Waals surface area (Å²) in [5.74, 6) is -0.0433. The number of nitrogens with zero attached hydrogens (tertiary/aromatic N) is 2. The number of carbonyl (C=O) groups excluding carboxylic acids is 2. The summed E-state index contributed by atoms with van der Waals surface area (Å²) in [5.41, 5.74) is 5.66. The molecule has 7 heteroatoms. The van der Waals surface area contributed by atoms with E-state index >= 15 is 0 Å². The Kier molecular flexibility index (Phi) is 7.97. The normalized spacial score (nSPS) is 17.0. The van der Waals surface area contributed by atoms with Crippen LogP contribution in [0.15, 0.2) is 66.7 Å². The van der Waals surface area contributed by atoms with Crippen molar-refractivity contribution in [2.75, 3.05) is 37.4 Å². The molecule has 0 bridgehead atoms. The summed E-state index contributed by atoms with van der Waals surface area (Å²) in [7, 11) is 3.96. The maximum absolute atomic E-state index is 12.5. The Morgan fingerprint density at radius 2 is 1.67 bits per heavy atom. The first-order chi connectivity index (χ1) is 17.2. The van der Waals surface area contributed by atoms with Crippen LogP contribution in [0.1, 0.15) is 42.2 Å². The Bertz CT molecular complexity index is 1230. The van der Waals surface area contributed by atoms with E-state index < -0.39 is 0 Å². The molecule has 2 atom stereocenters. The SMILES string of the molecule is CC(=O)N1c2ccc(-c3ccc(C(=O)NCCN(C)C)cc3)cc2C(Nc2ccc(Cl)cc2)CC1C. The topological polar surface area (TPSA) is 64.7 Å². The Labute approximate surface area is 218 Å². The van der Waals surface area contributed by atoms with Crippen molar-refractivity contribution in [3.05, 3.63) is 82.9 Å².